The average molecular weight is 335 g/mol. The van der Waals surface area contributed by atoms with Gasteiger partial charge in [0.25, 0.3) is 0 Å². The summed E-state index contributed by atoms with van der Waals surface area (Å²) in [5.41, 5.74) is 6.55. The normalized spacial score (nSPS) is 31.2. The number of nitrogen functional groups attached to an aromatic ring is 1. The van der Waals surface area contributed by atoms with E-state index in [1.165, 1.54) is 0 Å². The number of aromatic nitrogens is 2. The molecule has 2 atom stereocenters. The molecule has 2 saturated carbocycles. The van der Waals surface area contributed by atoms with Crippen molar-refractivity contribution in [3.05, 3.63) is 6.20 Å². The zero-order chi connectivity index (χ0) is 16.9. The van der Waals surface area contributed by atoms with Crippen LogP contribution in [0.25, 0.3) is 0 Å². The minimum Gasteiger partial charge on any atom is -0.394 e. The zero-order valence-corrected chi connectivity index (χ0v) is 14.1. The number of rotatable bonds is 4. The molecule has 0 spiro atoms. The second-order valence-corrected chi connectivity index (χ2v) is 7.16. The number of nitrogens with zero attached hydrogens (tertiary/aromatic N) is 2. The van der Waals surface area contributed by atoms with Gasteiger partial charge in [-0.15, -0.1) is 0 Å². The van der Waals surface area contributed by atoms with Gasteiger partial charge >= 0.3 is 0 Å². The molecule has 2 fully saturated rings. The van der Waals surface area contributed by atoms with Gasteiger partial charge in [0, 0.05) is 12.1 Å². The van der Waals surface area contributed by atoms with Crippen LogP contribution in [-0.2, 0) is 0 Å². The second-order valence-electron chi connectivity index (χ2n) is 7.16. The van der Waals surface area contributed by atoms with Crippen molar-refractivity contribution in [2.24, 2.45) is 0 Å². The minimum absolute atomic E-state index is 0.172. The number of aliphatic hydroxyl groups excluding tert-OH is 2. The van der Waals surface area contributed by atoms with Crippen LogP contribution in [0.15, 0.2) is 6.20 Å². The molecule has 7 heteroatoms. The van der Waals surface area contributed by atoms with Gasteiger partial charge in [-0.3, -0.25) is 0 Å². The summed E-state index contributed by atoms with van der Waals surface area (Å²) in [5.74, 6) is 1.21. The van der Waals surface area contributed by atoms with Crippen molar-refractivity contribution in [2.45, 2.75) is 82.1 Å². The molecule has 2 aliphatic carbocycles. The minimum atomic E-state index is -0.251. The molecule has 7 nitrogen and oxygen atoms in total. The Morgan fingerprint density at radius 1 is 0.917 bits per heavy atom. The van der Waals surface area contributed by atoms with Gasteiger partial charge in [0.1, 0.15) is 0 Å². The van der Waals surface area contributed by atoms with E-state index in [1.54, 1.807) is 6.20 Å². The fraction of sp³-hybridized carbons (Fsp3) is 0.765. The fourth-order valence-electron chi connectivity index (χ4n) is 3.64. The summed E-state index contributed by atoms with van der Waals surface area (Å²) < 4.78 is 0. The lowest BCUT2D eigenvalue weighted by Crippen LogP contribution is -2.29. The van der Waals surface area contributed by atoms with Crippen LogP contribution in [0.4, 0.5) is 17.5 Å². The molecule has 0 unspecified atom stereocenters. The second kappa shape index (κ2) is 7.98. The van der Waals surface area contributed by atoms with Gasteiger partial charge in [0.05, 0.1) is 24.1 Å². The van der Waals surface area contributed by atoms with Crippen LogP contribution in [0.5, 0.6) is 0 Å². The molecular weight excluding hydrogens is 306 g/mol. The first-order chi connectivity index (χ1) is 11.6. The molecule has 0 saturated heterocycles. The molecule has 0 amide bonds. The highest BCUT2D eigenvalue weighted by atomic mass is 16.3. The smallest absolute Gasteiger partial charge is 0.224 e. The van der Waals surface area contributed by atoms with Crippen molar-refractivity contribution >= 4 is 17.5 Å². The Morgan fingerprint density at radius 3 is 2.46 bits per heavy atom. The summed E-state index contributed by atoms with van der Waals surface area (Å²) in [6, 6.07) is 0.488. The third kappa shape index (κ3) is 4.70. The number of nitrogens with two attached hydrogens (primary N) is 1. The van der Waals surface area contributed by atoms with Crippen LogP contribution in [0, 0.1) is 0 Å². The van der Waals surface area contributed by atoms with Crippen LogP contribution in [-0.4, -0.2) is 44.5 Å². The number of aliphatic hydroxyl groups is 2. The lowest BCUT2D eigenvalue weighted by Gasteiger charge is -2.26. The standard InChI is InChI=1S/C17H29N5O2/c18-15-10-19-17(21-11-5-7-13(23)8-6-11)22-16(15)20-12-3-1-2-4-14(24)9-12/h10-14,23-24H,1-9,18H2,(H2,19,20,21,22)/t11-,12-,13-,14+/m1/s1. The highest BCUT2D eigenvalue weighted by Crippen LogP contribution is 2.25. The third-order valence-corrected chi connectivity index (χ3v) is 5.08. The van der Waals surface area contributed by atoms with Crippen molar-refractivity contribution in [3.8, 4) is 0 Å². The van der Waals surface area contributed by atoms with Gasteiger partial charge in [-0.2, -0.15) is 4.98 Å². The average Bonchev–Trinajstić information content (AvgIpc) is 2.77. The summed E-state index contributed by atoms with van der Waals surface area (Å²) in [6.07, 6.45) is 9.48. The molecule has 0 aliphatic heterocycles. The Bertz CT molecular complexity index is 534. The third-order valence-electron chi connectivity index (χ3n) is 5.08. The topological polar surface area (TPSA) is 116 Å². The first-order valence-electron chi connectivity index (χ1n) is 9.12. The van der Waals surface area contributed by atoms with E-state index >= 15 is 0 Å². The Labute approximate surface area is 143 Å². The van der Waals surface area contributed by atoms with E-state index < -0.39 is 0 Å². The number of nitrogens with one attached hydrogen (secondary N) is 2. The van der Waals surface area contributed by atoms with Crippen molar-refractivity contribution in [3.63, 3.8) is 0 Å². The van der Waals surface area contributed by atoms with E-state index in [-0.39, 0.29) is 18.2 Å². The van der Waals surface area contributed by atoms with Crippen LogP contribution >= 0.6 is 0 Å². The molecule has 134 valence electrons. The van der Waals surface area contributed by atoms with E-state index in [0.29, 0.717) is 23.5 Å². The Morgan fingerprint density at radius 2 is 1.67 bits per heavy atom. The predicted octanol–water partition coefficient (Wildman–Crippen LogP) is 1.88. The van der Waals surface area contributed by atoms with Crippen molar-refractivity contribution in [2.75, 3.05) is 16.4 Å². The molecule has 1 aromatic rings. The van der Waals surface area contributed by atoms with Crippen LogP contribution in [0.2, 0.25) is 0 Å². The van der Waals surface area contributed by atoms with E-state index in [4.69, 9.17) is 5.73 Å². The Kier molecular flexibility index (Phi) is 5.73. The Hall–Kier alpha value is -1.60. The largest absolute Gasteiger partial charge is 0.394 e. The summed E-state index contributed by atoms with van der Waals surface area (Å²) in [7, 11) is 0. The predicted molar refractivity (Wildman–Crippen MR) is 94.8 cm³/mol. The monoisotopic (exact) mass is 335 g/mol. The van der Waals surface area contributed by atoms with Crippen LogP contribution < -0.4 is 16.4 Å². The first-order valence-corrected chi connectivity index (χ1v) is 9.12. The van der Waals surface area contributed by atoms with E-state index in [2.05, 4.69) is 20.6 Å². The summed E-state index contributed by atoms with van der Waals surface area (Å²) in [4.78, 5) is 8.81. The highest BCUT2D eigenvalue weighted by molar-refractivity contribution is 5.62. The SMILES string of the molecule is Nc1cnc(N[C@H]2CC[C@H](O)CC2)nc1N[C@@H]1CCCC[C@H](O)C1. The van der Waals surface area contributed by atoms with Gasteiger partial charge in [-0.25, -0.2) is 4.98 Å². The number of anilines is 3. The van der Waals surface area contributed by atoms with Crippen molar-refractivity contribution < 1.29 is 10.2 Å². The molecule has 0 aromatic carbocycles. The molecule has 0 radical (unpaired) electrons. The first kappa shape index (κ1) is 17.2. The number of hydrogen-bond acceptors (Lipinski definition) is 7. The fourth-order valence-corrected chi connectivity index (χ4v) is 3.64. The number of hydrogen-bond donors (Lipinski definition) is 5. The molecule has 24 heavy (non-hydrogen) atoms. The van der Waals surface area contributed by atoms with Crippen molar-refractivity contribution in [1.29, 1.82) is 0 Å². The van der Waals surface area contributed by atoms with E-state index in [1.807, 2.05) is 0 Å². The van der Waals surface area contributed by atoms with Gasteiger partial charge in [-0.05, 0) is 44.9 Å². The molecule has 0 bridgehead atoms. The highest BCUT2D eigenvalue weighted by Gasteiger charge is 2.22. The molecular formula is C17H29N5O2. The lowest BCUT2D eigenvalue weighted by molar-refractivity contribution is 0.126. The zero-order valence-electron chi connectivity index (χ0n) is 14.1. The molecule has 6 N–H and O–H groups in total. The maximum absolute atomic E-state index is 9.96. The van der Waals surface area contributed by atoms with Gasteiger partial charge in [0.2, 0.25) is 5.95 Å². The molecule has 3 rings (SSSR count). The van der Waals surface area contributed by atoms with Gasteiger partial charge in [-0.1, -0.05) is 12.8 Å². The van der Waals surface area contributed by atoms with Gasteiger partial charge in [0.15, 0.2) is 5.82 Å². The van der Waals surface area contributed by atoms with Crippen molar-refractivity contribution in [1.82, 2.24) is 9.97 Å². The molecule has 1 heterocycles. The summed E-state index contributed by atoms with van der Waals surface area (Å²) >= 11 is 0. The maximum atomic E-state index is 9.96. The molecule has 1 aromatic heterocycles. The lowest BCUT2D eigenvalue weighted by atomic mass is 9.93. The van der Waals surface area contributed by atoms with Crippen LogP contribution in [0.1, 0.15) is 57.8 Å². The summed E-state index contributed by atoms with van der Waals surface area (Å²) in [5, 5.41) is 26.3. The molecule has 2 aliphatic rings. The summed E-state index contributed by atoms with van der Waals surface area (Å²) in [6.45, 7) is 0. The quantitative estimate of drug-likeness (QED) is 0.533. The van der Waals surface area contributed by atoms with Gasteiger partial charge < -0.3 is 26.6 Å². The van der Waals surface area contributed by atoms with Crippen LogP contribution in [0.3, 0.4) is 0 Å². The Balaban J connectivity index is 1.62. The van der Waals surface area contributed by atoms with E-state index in [9.17, 15) is 10.2 Å². The van der Waals surface area contributed by atoms with E-state index in [0.717, 1.165) is 57.8 Å². The maximum Gasteiger partial charge on any atom is 0.224 e.